The fourth-order valence-electron chi connectivity index (χ4n) is 3.63. The van der Waals surface area contributed by atoms with Crippen LogP contribution in [-0.4, -0.2) is 37.1 Å². The molecule has 2 heteroatoms. The fourth-order valence-corrected chi connectivity index (χ4v) is 3.63. The van der Waals surface area contributed by atoms with Crippen molar-refractivity contribution in [2.24, 2.45) is 5.92 Å². The number of likely N-dealkylation sites (N-methyl/N-ethyl adjacent to an activating group) is 2. The summed E-state index contributed by atoms with van der Waals surface area (Å²) in [5.74, 6) is 3.63. The van der Waals surface area contributed by atoms with Crippen molar-refractivity contribution in [3.05, 3.63) is 0 Å². The monoisotopic (exact) mass is 250 g/mol. The highest BCUT2D eigenvalue weighted by Crippen LogP contribution is 2.39. The van der Waals surface area contributed by atoms with E-state index in [1.807, 2.05) is 0 Å². The van der Waals surface area contributed by atoms with Crippen LogP contribution in [0.5, 0.6) is 0 Å². The molecule has 18 heavy (non-hydrogen) atoms. The lowest BCUT2D eigenvalue weighted by molar-refractivity contribution is 0.0354. The van der Waals surface area contributed by atoms with Crippen LogP contribution in [0.4, 0.5) is 0 Å². The topological polar surface area (TPSA) is 15.3 Å². The van der Waals surface area contributed by atoms with Gasteiger partial charge in [0.05, 0.1) is 0 Å². The zero-order valence-electron chi connectivity index (χ0n) is 12.6. The lowest BCUT2D eigenvalue weighted by atomic mass is 9.70. The fraction of sp³-hybridized carbons (Fsp3) is 0.875. The third-order valence-electron chi connectivity index (χ3n) is 4.58. The number of nitrogens with zero attached hydrogens (tertiary/aromatic N) is 1. The zero-order chi connectivity index (χ0) is 13.6. The minimum atomic E-state index is 0.296. The van der Waals surface area contributed by atoms with E-state index in [2.05, 4.69) is 44.1 Å². The average molecular weight is 250 g/mol. The highest BCUT2D eigenvalue weighted by atomic mass is 15.2. The Morgan fingerprint density at radius 2 is 2.22 bits per heavy atom. The molecule has 0 radical (unpaired) electrons. The quantitative estimate of drug-likeness (QED) is 0.729. The normalized spacial score (nSPS) is 30.1. The van der Waals surface area contributed by atoms with Gasteiger partial charge in [-0.1, -0.05) is 26.7 Å². The number of rotatable bonds is 6. The second-order valence-corrected chi connectivity index (χ2v) is 6.05. The summed E-state index contributed by atoms with van der Waals surface area (Å²) in [6.07, 6.45) is 12.7. The smallest absolute Gasteiger partial charge is 0.0359 e. The summed E-state index contributed by atoms with van der Waals surface area (Å²) in [7, 11) is 4.47. The van der Waals surface area contributed by atoms with Crippen molar-refractivity contribution in [2.75, 3.05) is 20.6 Å². The predicted octanol–water partition coefficient (Wildman–Crippen LogP) is 2.89. The molecule has 0 aliphatic heterocycles. The van der Waals surface area contributed by atoms with Crippen LogP contribution in [0, 0.1) is 18.3 Å². The SMILES string of the molecule is C#CCCC(NCC)C1(N(C)C)CCCC(C)C1. The first-order valence-electron chi connectivity index (χ1n) is 7.41. The molecule has 1 fully saturated rings. The van der Waals surface area contributed by atoms with Gasteiger partial charge >= 0.3 is 0 Å². The predicted molar refractivity (Wildman–Crippen MR) is 79.6 cm³/mol. The zero-order valence-corrected chi connectivity index (χ0v) is 12.6. The standard InChI is InChI=1S/C16H30N2/c1-6-8-11-15(17-7-2)16(18(4)5)12-9-10-14(3)13-16/h1,14-15,17H,7-13H2,2-5H3. The van der Waals surface area contributed by atoms with Crippen molar-refractivity contribution in [2.45, 2.75) is 64.0 Å². The molecule has 1 aliphatic rings. The Bertz CT molecular complexity index is 279. The number of terminal acetylenes is 1. The van der Waals surface area contributed by atoms with E-state index in [0.29, 0.717) is 11.6 Å². The van der Waals surface area contributed by atoms with E-state index in [1.54, 1.807) is 0 Å². The van der Waals surface area contributed by atoms with E-state index in [1.165, 1.54) is 25.7 Å². The molecular weight excluding hydrogens is 220 g/mol. The van der Waals surface area contributed by atoms with Crippen LogP contribution in [-0.2, 0) is 0 Å². The maximum Gasteiger partial charge on any atom is 0.0359 e. The van der Waals surface area contributed by atoms with E-state index in [9.17, 15) is 0 Å². The van der Waals surface area contributed by atoms with Crippen LogP contribution in [0.2, 0.25) is 0 Å². The Balaban J connectivity index is 2.87. The molecule has 0 aromatic carbocycles. The van der Waals surface area contributed by atoms with Crippen molar-refractivity contribution < 1.29 is 0 Å². The van der Waals surface area contributed by atoms with Crippen LogP contribution in [0.25, 0.3) is 0 Å². The highest BCUT2D eigenvalue weighted by Gasteiger charge is 2.42. The Kier molecular flexibility index (Phi) is 6.18. The highest BCUT2D eigenvalue weighted by molar-refractivity contribution is 5.03. The molecule has 0 amide bonds. The molecule has 104 valence electrons. The van der Waals surface area contributed by atoms with Crippen molar-refractivity contribution in [3.8, 4) is 12.3 Å². The minimum Gasteiger partial charge on any atom is -0.312 e. The van der Waals surface area contributed by atoms with Crippen LogP contribution in [0.3, 0.4) is 0 Å². The Hall–Kier alpha value is -0.520. The van der Waals surface area contributed by atoms with Gasteiger partial charge in [-0.15, -0.1) is 12.3 Å². The van der Waals surface area contributed by atoms with Crippen molar-refractivity contribution in [3.63, 3.8) is 0 Å². The second kappa shape index (κ2) is 7.16. The summed E-state index contributed by atoms with van der Waals surface area (Å²) < 4.78 is 0. The van der Waals surface area contributed by atoms with Gasteiger partial charge in [-0.25, -0.2) is 0 Å². The number of hydrogen-bond donors (Lipinski definition) is 1. The van der Waals surface area contributed by atoms with Gasteiger partial charge in [0.1, 0.15) is 0 Å². The van der Waals surface area contributed by atoms with Crippen LogP contribution in [0.15, 0.2) is 0 Å². The Morgan fingerprint density at radius 1 is 1.50 bits per heavy atom. The van der Waals surface area contributed by atoms with E-state index in [4.69, 9.17) is 6.42 Å². The van der Waals surface area contributed by atoms with Gasteiger partial charge in [-0.3, -0.25) is 0 Å². The van der Waals surface area contributed by atoms with Gasteiger partial charge in [0.25, 0.3) is 0 Å². The van der Waals surface area contributed by atoms with Crippen molar-refractivity contribution >= 4 is 0 Å². The molecule has 0 bridgehead atoms. The molecule has 0 spiro atoms. The lowest BCUT2D eigenvalue weighted by Gasteiger charge is -2.50. The van der Waals surface area contributed by atoms with Crippen LogP contribution >= 0.6 is 0 Å². The molecule has 0 aromatic rings. The molecule has 3 unspecified atom stereocenters. The van der Waals surface area contributed by atoms with Crippen LogP contribution in [0.1, 0.15) is 52.4 Å². The minimum absolute atomic E-state index is 0.296. The maximum atomic E-state index is 5.46. The Labute approximate surface area is 114 Å². The largest absolute Gasteiger partial charge is 0.312 e. The second-order valence-electron chi connectivity index (χ2n) is 6.05. The summed E-state index contributed by atoms with van der Waals surface area (Å²) in [6, 6.07) is 0.524. The maximum absolute atomic E-state index is 5.46. The summed E-state index contributed by atoms with van der Waals surface area (Å²) in [4.78, 5) is 2.45. The molecule has 2 nitrogen and oxygen atoms in total. The van der Waals surface area contributed by atoms with Gasteiger partial charge in [0.2, 0.25) is 0 Å². The molecule has 0 heterocycles. The molecule has 3 atom stereocenters. The van der Waals surface area contributed by atoms with E-state index in [0.717, 1.165) is 25.3 Å². The summed E-state index contributed by atoms with van der Waals surface area (Å²) >= 11 is 0. The third kappa shape index (κ3) is 3.49. The van der Waals surface area contributed by atoms with Crippen LogP contribution < -0.4 is 5.32 Å². The van der Waals surface area contributed by atoms with Gasteiger partial charge in [0, 0.05) is 18.0 Å². The molecule has 1 saturated carbocycles. The van der Waals surface area contributed by atoms with Crippen molar-refractivity contribution in [1.29, 1.82) is 0 Å². The first-order chi connectivity index (χ1) is 8.56. The summed E-state index contributed by atoms with van der Waals surface area (Å²) in [5, 5.41) is 3.69. The van der Waals surface area contributed by atoms with Gasteiger partial charge in [0.15, 0.2) is 0 Å². The van der Waals surface area contributed by atoms with Crippen molar-refractivity contribution in [1.82, 2.24) is 10.2 Å². The molecule has 1 N–H and O–H groups in total. The summed E-state index contributed by atoms with van der Waals surface area (Å²) in [5.41, 5.74) is 0.296. The van der Waals surface area contributed by atoms with E-state index < -0.39 is 0 Å². The molecular formula is C16H30N2. The van der Waals surface area contributed by atoms with Gasteiger partial charge < -0.3 is 10.2 Å². The van der Waals surface area contributed by atoms with Gasteiger partial charge in [-0.2, -0.15) is 0 Å². The first kappa shape index (κ1) is 15.5. The lowest BCUT2D eigenvalue weighted by Crippen LogP contribution is -2.60. The first-order valence-corrected chi connectivity index (χ1v) is 7.41. The van der Waals surface area contributed by atoms with E-state index >= 15 is 0 Å². The molecule has 1 rings (SSSR count). The molecule has 0 saturated heterocycles. The number of hydrogen-bond acceptors (Lipinski definition) is 2. The third-order valence-corrected chi connectivity index (χ3v) is 4.58. The van der Waals surface area contributed by atoms with Gasteiger partial charge in [-0.05, 0) is 45.8 Å². The average Bonchev–Trinajstić information content (AvgIpc) is 2.34. The molecule has 1 aliphatic carbocycles. The Morgan fingerprint density at radius 3 is 2.72 bits per heavy atom. The molecule has 0 aromatic heterocycles. The van der Waals surface area contributed by atoms with E-state index in [-0.39, 0.29) is 0 Å². The summed E-state index contributed by atoms with van der Waals surface area (Å²) in [6.45, 7) is 5.61. The number of nitrogens with one attached hydrogen (secondary N) is 1.